The third-order valence-electron chi connectivity index (χ3n) is 6.87. The van der Waals surface area contributed by atoms with Gasteiger partial charge in [-0.05, 0) is 39.0 Å². The fourth-order valence-electron chi connectivity index (χ4n) is 4.72. The van der Waals surface area contributed by atoms with Crippen LogP contribution in [0.25, 0.3) is 10.6 Å². The van der Waals surface area contributed by atoms with Crippen LogP contribution in [-0.2, 0) is 0 Å². The number of rotatable bonds is 8. The Labute approximate surface area is 254 Å². The van der Waals surface area contributed by atoms with E-state index in [9.17, 15) is 22.8 Å². The summed E-state index contributed by atoms with van der Waals surface area (Å²) in [5.74, 6) is -0.203. The summed E-state index contributed by atoms with van der Waals surface area (Å²) in [6.45, 7) is 7.47. The molecule has 2 aromatic heterocycles. The number of allylic oxidation sites excluding steroid dienone is 1. The molecule has 2 aliphatic rings. The van der Waals surface area contributed by atoms with E-state index >= 15 is 0 Å². The maximum Gasteiger partial charge on any atom is 0.417 e. The molecule has 4 heterocycles. The van der Waals surface area contributed by atoms with Crippen LogP contribution >= 0.6 is 22.7 Å². The number of carbonyl (C=O) groups is 2. The zero-order valence-electron chi connectivity index (χ0n) is 23.6. The fourth-order valence-corrected chi connectivity index (χ4v) is 6.50. The molecule has 0 spiro atoms. The minimum absolute atomic E-state index is 0.0880. The van der Waals surface area contributed by atoms with Crippen LogP contribution in [0.1, 0.15) is 46.1 Å². The minimum atomic E-state index is -4.40. The number of halogens is 3. The minimum Gasteiger partial charge on any atom is -0.489 e. The Kier molecular flexibility index (Phi) is 8.85. The highest BCUT2D eigenvalue weighted by molar-refractivity contribution is 7.18. The number of nitrogens with zero attached hydrogens (tertiary/aromatic N) is 5. The maximum atomic E-state index is 13.3. The molecule has 1 fully saturated rings. The van der Waals surface area contributed by atoms with E-state index < -0.39 is 17.7 Å². The Balaban J connectivity index is 1.23. The van der Waals surface area contributed by atoms with Crippen LogP contribution in [-0.4, -0.2) is 82.4 Å². The molecular weight excluding hydrogens is 603 g/mol. The van der Waals surface area contributed by atoms with Crippen LogP contribution in [0.3, 0.4) is 0 Å². The lowest BCUT2D eigenvalue weighted by atomic mass is 10.1. The number of nitrogens with one attached hydrogen (secondary N) is 1. The summed E-state index contributed by atoms with van der Waals surface area (Å²) in [4.78, 5) is 42.8. The van der Waals surface area contributed by atoms with Crippen LogP contribution < -0.4 is 15.8 Å². The van der Waals surface area contributed by atoms with Crippen molar-refractivity contribution in [2.24, 2.45) is 10.7 Å². The van der Waals surface area contributed by atoms with E-state index in [0.717, 1.165) is 11.1 Å². The van der Waals surface area contributed by atoms with Crippen molar-refractivity contribution in [3.05, 3.63) is 51.5 Å². The van der Waals surface area contributed by atoms with E-state index in [4.69, 9.17) is 10.5 Å². The Morgan fingerprint density at radius 3 is 2.53 bits per heavy atom. The van der Waals surface area contributed by atoms with Crippen molar-refractivity contribution in [2.45, 2.75) is 45.6 Å². The number of ether oxygens (including phenoxy) is 1. The molecule has 1 aromatic carbocycles. The molecule has 228 valence electrons. The number of hydrogen-bond acceptors (Lipinski definition) is 10. The number of dihydropyridines is 1. The average Bonchev–Trinajstić information content (AvgIpc) is 3.59. The van der Waals surface area contributed by atoms with E-state index in [1.165, 1.54) is 28.7 Å². The van der Waals surface area contributed by atoms with Gasteiger partial charge in [0.1, 0.15) is 11.9 Å². The SMILES string of the molecule is Cc1nc(C(=O)N2CCN(C3CC=C(C(F)(F)F)C=N3)CC2)sc1-c1csc(Nc2cc(C(N)=O)ccc2OC(C)C)n1. The molecule has 15 heteroatoms. The molecule has 0 radical (unpaired) electrons. The van der Waals surface area contributed by atoms with Crippen molar-refractivity contribution >= 4 is 51.5 Å². The van der Waals surface area contributed by atoms with Crippen LogP contribution in [0, 0.1) is 6.92 Å². The summed E-state index contributed by atoms with van der Waals surface area (Å²) in [5.41, 5.74) is 6.95. The predicted octanol–water partition coefficient (Wildman–Crippen LogP) is 5.25. The standard InChI is InChI=1S/C28H30F3N7O3S2/c1-15(2)41-21-6-4-17(24(32)39)12-19(21)35-27-36-20(14-42-27)23-16(3)34-25(43-23)26(40)38-10-8-37(9-11-38)22-7-5-18(13-33-22)28(29,30)31/h4-6,12-15,22H,7-11H2,1-3H3,(H2,32,39)(H,35,36). The van der Waals surface area contributed by atoms with Gasteiger partial charge < -0.3 is 20.7 Å². The lowest BCUT2D eigenvalue weighted by molar-refractivity contribution is -0.0862. The summed E-state index contributed by atoms with van der Waals surface area (Å²) in [7, 11) is 0. The number of anilines is 2. The van der Waals surface area contributed by atoms with E-state index in [0.29, 0.717) is 64.7 Å². The Bertz CT molecular complexity index is 1570. The second-order valence-electron chi connectivity index (χ2n) is 10.3. The predicted molar refractivity (Wildman–Crippen MR) is 160 cm³/mol. The number of primary amides is 1. The number of aromatic nitrogens is 2. The summed E-state index contributed by atoms with van der Waals surface area (Å²) in [6.07, 6.45) is -2.61. The first-order valence-electron chi connectivity index (χ1n) is 13.5. The monoisotopic (exact) mass is 633 g/mol. The van der Waals surface area contributed by atoms with E-state index in [1.807, 2.05) is 31.1 Å². The van der Waals surface area contributed by atoms with Gasteiger partial charge in [-0.25, -0.2) is 9.97 Å². The number of hydrogen-bond donors (Lipinski definition) is 2. The van der Waals surface area contributed by atoms with Crippen molar-refractivity contribution in [2.75, 3.05) is 31.5 Å². The molecule has 0 aliphatic carbocycles. The van der Waals surface area contributed by atoms with Gasteiger partial charge in [0.05, 0.1) is 33.6 Å². The van der Waals surface area contributed by atoms with Gasteiger partial charge in [-0.1, -0.05) is 6.08 Å². The third-order valence-corrected chi connectivity index (χ3v) is 8.79. The molecule has 3 aromatic rings. The van der Waals surface area contributed by atoms with Crippen LogP contribution in [0.5, 0.6) is 5.75 Å². The Hall–Kier alpha value is -3.82. The number of aliphatic imine (C=N–C) groups is 1. The zero-order valence-corrected chi connectivity index (χ0v) is 25.3. The van der Waals surface area contributed by atoms with Crippen LogP contribution in [0.4, 0.5) is 24.0 Å². The highest BCUT2D eigenvalue weighted by Gasteiger charge is 2.35. The smallest absolute Gasteiger partial charge is 0.417 e. The number of thiazole rings is 2. The van der Waals surface area contributed by atoms with Gasteiger partial charge >= 0.3 is 6.18 Å². The first-order chi connectivity index (χ1) is 20.4. The summed E-state index contributed by atoms with van der Waals surface area (Å²) in [6, 6.07) is 4.91. The molecule has 1 atom stereocenters. The number of nitrogens with two attached hydrogens (primary N) is 1. The molecule has 1 saturated heterocycles. The molecule has 0 bridgehead atoms. The van der Waals surface area contributed by atoms with Gasteiger partial charge in [0.25, 0.3) is 5.91 Å². The number of amides is 2. The highest BCUT2D eigenvalue weighted by atomic mass is 32.1. The largest absolute Gasteiger partial charge is 0.489 e. The summed E-state index contributed by atoms with van der Waals surface area (Å²) >= 11 is 2.62. The molecule has 43 heavy (non-hydrogen) atoms. The van der Waals surface area contributed by atoms with Crippen molar-refractivity contribution in [1.82, 2.24) is 19.8 Å². The Morgan fingerprint density at radius 2 is 1.91 bits per heavy atom. The van der Waals surface area contributed by atoms with E-state index in [-0.39, 0.29) is 24.6 Å². The van der Waals surface area contributed by atoms with Gasteiger partial charge in [0.2, 0.25) is 5.91 Å². The van der Waals surface area contributed by atoms with Crippen molar-refractivity contribution in [3.63, 3.8) is 0 Å². The number of piperazine rings is 1. The van der Waals surface area contributed by atoms with Gasteiger partial charge in [-0.3, -0.25) is 19.5 Å². The molecule has 2 amide bonds. The normalized spacial score (nSPS) is 17.7. The molecule has 0 saturated carbocycles. The number of benzene rings is 1. The fraction of sp³-hybridized carbons (Fsp3) is 0.393. The Morgan fingerprint density at radius 1 is 1.16 bits per heavy atom. The molecular formula is C28H30F3N7O3S2. The zero-order chi connectivity index (χ0) is 30.9. The lowest BCUT2D eigenvalue weighted by Crippen LogP contribution is -2.51. The number of aryl methyl sites for hydroxylation is 1. The molecule has 10 nitrogen and oxygen atoms in total. The van der Waals surface area contributed by atoms with Gasteiger partial charge in [0.15, 0.2) is 10.1 Å². The topological polar surface area (TPSA) is 126 Å². The third kappa shape index (κ3) is 7.05. The molecule has 1 unspecified atom stereocenters. The first kappa shape index (κ1) is 30.6. The van der Waals surface area contributed by atoms with Gasteiger partial charge in [0, 0.05) is 49.8 Å². The molecule has 2 aliphatic heterocycles. The first-order valence-corrected chi connectivity index (χ1v) is 15.2. The number of carbonyl (C=O) groups excluding carboxylic acids is 2. The van der Waals surface area contributed by atoms with Gasteiger partial charge in [-0.15, -0.1) is 22.7 Å². The van der Waals surface area contributed by atoms with Crippen molar-refractivity contribution in [3.8, 4) is 16.3 Å². The average molecular weight is 634 g/mol. The highest BCUT2D eigenvalue weighted by Crippen LogP contribution is 2.36. The lowest BCUT2D eigenvalue weighted by Gasteiger charge is -2.38. The van der Waals surface area contributed by atoms with Crippen LogP contribution in [0.15, 0.2) is 40.2 Å². The van der Waals surface area contributed by atoms with Crippen molar-refractivity contribution < 1.29 is 27.5 Å². The second kappa shape index (κ2) is 12.4. The molecule has 3 N–H and O–H groups in total. The van der Waals surface area contributed by atoms with Crippen molar-refractivity contribution in [1.29, 1.82) is 0 Å². The summed E-state index contributed by atoms with van der Waals surface area (Å²) in [5, 5.41) is 5.98. The molecule has 5 rings (SSSR count). The van der Waals surface area contributed by atoms with E-state index in [1.54, 1.807) is 23.1 Å². The van der Waals surface area contributed by atoms with E-state index in [2.05, 4.69) is 20.3 Å². The maximum absolute atomic E-state index is 13.3. The van der Waals surface area contributed by atoms with Crippen LogP contribution in [0.2, 0.25) is 0 Å². The second-order valence-corrected chi connectivity index (χ2v) is 12.2. The number of alkyl halides is 3. The summed E-state index contributed by atoms with van der Waals surface area (Å²) < 4.78 is 44.5. The quantitative estimate of drug-likeness (QED) is 0.347. The van der Waals surface area contributed by atoms with Gasteiger partial charge in [-0.2, -0.15) is 13.2 Å².